The molecule has 0 unspecified atom stereocenters. The Bertz CT molecular complexity index is 1100. The van der Waals surface area contributed by atoms with E-state index in [1.165, 1.54) is 4.90 Å². The lowest BCUT2D eigenvalue weighted by atomic mass is 9.73. The summed E-state index contributed by atoms with van der Waals surface area (Å²) in [7, 11) is 0. The predicted molar refractivity (Wildman–Crippen MR) is 126 cm³/mol. The van der Waals surface area contributed by atoms with Gasteiger partial charge in [-0.3, -0.25) is 29.1 Å². The summed E-state index contributed by atoms with van der Waals surface area (Å²) in [6, 6.07) is 11.1. The van der Waals surface area contributed by atoms with Crippen molar-refractivity contribution in [2.24, 2.45) is 5.92 Å². The lowest BCUT2D eigenvalue weighted by molar-refractivity contribution is -0.144. The summed E-state index contributed by atoms with van der Waals surface area (Å²) >= 11 is 0. The Morgan fingerprint density at radius 3 is 2.65 bits per heavy atom. The Balaban J connectivity index is 1.65. The third-order valence-electron chi connectivity index (χ3n) is 7.16. The minimum Gasteiger partial charge on any atom is -0.342 e. The molecule has 0 aliphatic carbocycles. The van der Waals surface area contributed by atoms with E-state index in [4.69, 9.17) is 0 Å². The first-order valence-corrected chi connectivity index (χ1v) is 12.0. The molecule has 1 aromatic carbocycles. The molecule has 0 N–H and O–H groups in total. The number of carbonyl (C=O) groups excluding carboxylic acids is 4. The summed E-state index contributed by atoms with van der Waals surface area (Å²) < 4.78 is 0. The van der Waals surface area contributed by atoms with Gasteiger partial charge in [-0.15, -0.1) is 0 Å². The van der Waals surface area contributed by atoms with Gasteiger partial charge in [-0.1, -0.05) is 37.3 Å². The molecule has 2 atom stereocenters. The Kier molecular flexibility index (Phi) is 6.91. The SMILES string of the molecule is CCC(=O)[C@@H]1CCCN(C(=O)C[C@@]2(c3ccccc3C)CC(=O)N(Cc3cccnc3)C2=O)C1. The maximum atomic E-state index is 13.9. The second-order valence-corrected chi connectivity index (χ2v) is 9.40. The van der Waals surface area contributed by atoms with E-state index in [1.54, 1.807) is 23.4 Å². The van der Waals surface area contributed by atoms with E-state index >= 15 is 0 Å². The molecule has 0 radical (unpaired) electrons. The lowest BCUT2D eigenvalue weighted by Gasteiger charge is -2.35. The Morgan fingerprint density at radius 1 is 1.15 bits per heavy atom. The van der Waals surface area contributed by atoms with Crippen LogP contribution in [0.2, 0.25) is 0 Å². The molecule has 178 valence electrons. The van der Waals surface area contributed by atoms with Gasteiger partial charge in [0.2, 0.25) is 17.7 Å². The first-order chi connectivity index (χ1) is 16.4. The van der Waals surface area contributed by atoms with Gasteiger partial charge in [0.05, 0.1) is 12.0 Å². The highest BCUT2D eigenvalue weighted by Gasteiger charge is 2.54. The van der Waals surface area contributed by atoms with Crippen molar-refractivity contribution in [2.75, 3.05) is 13.1 Å². The smallest absolute Gasteiger partial charge is 0.241 e. The number of likely N-dealkylation sites (tertiary alicyclic amines) is 2. The number of Topliss-reactive ketones (excluding diaryl/α,β-unsaturated/α-hetero) is 1. The minimum atomic E-state index is -1.25. The van der Waals surface area contributed by atoms with E-state index in [0.29, 0.717) is 25.1 Å². The maximum Gasteiger partial charge on any atom is 0.241 e. The second-order valence-electron chi connectivity index (χ2n) is 9.40. The quantitative estimate of drug-likeness (QED) is 0.591. The van der Waals surface area contributed by atoms with Gasteiger partial charge in [0, 0.05) is 50.7 Å². The van der Waals surface area contributed by atoms with E-state index < -0.39 is 5.41 Å². The maximum absolute atomic E-state index is 13.9. The molecular weight excluding hydrogens is 430 g/mol. The van der Waals surface area contributed by atoms with Crippen molar-refractivity contribution < 1.29 is 19.2 Å². The number of imide groups is 1. The van der Waals surface area contributed by atoms with E-state index in [0.717, 1.165) is 24.0 Å². The van der Waals surface area contributed by atoms with Crippen LogP contribution in [-0.4, -0.2) is 51.4 Å². The fourth-order valence-corrected chi connectivity index (χ4v) is 5.31. The van der Waals surface area contributed by atoms with E-state index in [1.807, 2.05) is 44.2 Å². The van der Waals surface area contributed by atoms with Crippen LogP contribution in [0.3, 0.4) is 0 Å². The van der Waals surface area contributed by atoms with Gasteiger partial charge in [-0.2, -0.15) is 0 Å². The second kappa shape index (κ2) is 9.87. The van der Waals surface area contributed by atoms with Crippen LogP contribution in [0.25, 0.3) is 0 Å². The van der Waals surface area contributed by atoms with Crippen LogP contribution >= 0.6 is 0 Å². The number of ketones is 1. The van der Waals surface area contributed by atoms with E-state index in [9.17, 15) is 19.2 Å². The number of pyridine rings is 1. The number of nitrogens with zero attached hydrogens (tertiary/aromatic N) is 3. The number of rotatable bonds is 7. The first-order valence-electron chi connectivity index (χ1n) is 12.0. The van der Waals surface area contributed by atoms with Crippen LogP contribution in [-0.2, 0) is 31.1 Å². The largest absolute Gasteiger partial charge is 0.342 e. The molecule has 0 bridgehead atoms. The summed E-state index contributed by atoms with van der Waals surface area (Å²) in [6.45, 7) is 4.83. The minimum absolute atomic E-state index is 0.0478. The topological polar surface area (TPSA) is 87.7 Å². The molecule has 4 rings (SSSR count). The van der Waals surface area contributed by atoms with Crippen LogP contribution in [0.5, 0.6) is 0 Å². The number of hydrogen-bond donors (Lipinski definition) is 0. The molecule has 2 fully saturated rings. The normalized spacial score (nSPS) is 22.8. The molecule has 2 aliphatic heterocycles. The fourth-order valence-electron chi connectivity index (χ4n) is 5.31. The van der Waals surface area contributed by atoms with Crippen molar-refractivity contribution in [3.8, 4) is 0 Å². The highest BCUT2D eigenvalue weighted by atomic mass is 16.2. The number of hydrogen-bond acceptors (Lipinski definition) is 5. The molecule has 3 amide bonds. The monoisotopic (exact) mass is 461 g/mol. The Hall–Kier alpha value is -3.35. The van der Waals surface area contributed by atoms with E-state index in [2.05, 4.69) is 4.98 Å². The van der Waals surface area contributed by atoms with Gasteiger partial charge in [-0.05, 0) is 42.5 Å². The third-order valence-corrected chi connectivity index (χ3v) is 7.16. The first kappa shape index (κ1) is 23.8. The van der Waals surface area contributed by atoms with Crippen molar-refractivity contribution in [1.29, 1.82) is 0 Å². The van der Waals surface area contributed by atoms with Crippen molar-refractivity contribution in [1.82, 2.24) is 14.8 Å². The summed E-state index contributed by atoms with van der Waals surface area (Å²) in [6.07, 6.45) is 5.15. The van der Waals surface area contributed by atoms with Crippen LogP contribution in [0.4, 0.5) is 0 Å². The number of piperidine rings is 1. The van der Waals surface area contributed by atoms with Crippen molar-refractivity contribution in [3.63, 3.8) is 0 Å². The zero-order valence-electron chi connectivity index (χ0n) is 19.8. The van der Waals surface area contributed by atoms with Crippen molar-refractivity contribution in [3.05, 3.63) is 65.5 Å². The number of amides is 3. The molecule has 34 heavy (non-hydrogen) atoms. The van der Waals surface area contributed by atoms with Gasteiger partial charge in [0.1, 0.15) is 5.78 Å². The molecular formula is C27H31N3O4. The molecule has 0 saturated carbocycles. The van der Waals surface area contributed by atoms with Gasteiger partial charge in [0.25, 0.3) is 0 Å². The Labute approximate surface area is 200 Å². The van der Waals surface area contributed by atoms with Gasteiger partial charge in [0.15, 0.2) is 0 Å². The molecule has 2 aliphatic rings. The molecule has 1 aromatic heterocycles. The summed E-state index contributed by atoms with van der Waals surface area (Å²) in [5.74, 6) is -0.799. The van der Waals surface area contributed by atoms with Gasteiger partial charge in [-0.25, -0.2) is 0 Å². The highest BCUT2D eigenvalue weighted by Crippen LogP contribution is 2.42. The molecule has 3 heterocycles. The molecule has 7 nitrogen and oxygen atoms in total. The average molecular weight is 462 g/mol. The number of aryl methyl sites for hydroxylation is 1. The predicted octanol–water partition coefficient (Wildman–Crippen LogP) is 3.19. The zero-order valence-corrected chi connectivity index (χ0v) is 19.8. The van der Waals surface area contributed by atoms with Crippen molar-refractivity contribution >= 4 is 23.5 Å². The molecule has 7 heteroatoms. The fraction of sp³-hybridized carbons (Fsp3) is 0.444. The molecule has 2 saturated heterocycles. The van der Waals surface area contributed by atoms with Gasteiger partial charge >= 0.3 is 0 Å². The van der Waals surface area contributed by atoms with E-state index in [-0.39, 0.29) is 48.8 Å². The lowest BCUT2D eigenvalue weighted by Crippen LogP contribution is -2.47. The van der Waals surface area contributed by atoms with Crippen molar-refractivity contribution in [2.45, 2.75) is 57.9 Å². The highest BCUT2D eigenvalue weighted by molar-refractivity contribution is 6.10. The summed E-state index contributed by atoms with van der Waals surface area (Å²) in [4.78, 5) is 59.9. The Morgan fingerprint density at radius 2 is 1.94 bits per heavy atom. The number of aromatic nitrogens is 1. The van der Waals surface area contributed by atoms with Crippen LogP contribution in [0.1, 0.15) is 55.7 Å². The molecule has 2 aromatic rings. The summed E-state index contributed by atoms with van der Waals surface area (Å²) in [5.41, 5.74) is 1.10. The third kappa shape index (κ3) is 4.52. The average Bonchev–Trinajstić information content (AvgIpc) is 3.09. The standard InChI is InChI=1S/C27H31N3O4/c1-3-23(31)21-10-7-13-29(18-21)24(32)14-27(22-11-5-4-8-19(22)2)15-25(33)30(26(27)34)17-20-9-6-12-28-16-20/h4-6,8-9,11-12,16,21H,3,7,10,13-15,17-18H2,1-2H3/t21-,27+/m1/s1. The number of benzene rings is 1. The molecule has 0 spiro atoms. The van der Waals surface area contributed by atoms with Crippen LogP contribution in [0, 0.1) is 12.8 Å². The zero-order chi connectivity index (χ0) is 24.3. The number of carbonyl (C=O) groups is 4. The summed E-state index contributed by atoms with van der Waals surface area (Å²) in [5, 5.41) is 0. The van der Waals surface area contributed by atoms with Crippen LogP contribution < -0.4 is 0 Å². The van der Waals surface area contributed by atoms with Gasteiger partial charge < -0.3 is 4.90 Å². The van der Waals surface area contributed by atoms with Crippen LogP contribution in [0.15, 0.2) is 48.8 Å².